The Bertz CT molecular complexity index is 1080. The molecule has 4 aromatic rings. The van der Waals surface area contributed by atoms with Gasteiger partial charge in [0.1, 0.15) is 11.9 Å². The van der Waals surface area contributed by atoms with E-state index in [4.69, 9.17) is 5.26 Å². The van der Waals surface area contributed by atoms with E-state index in [1.807, 2.05) is 30.7 Å². The Balaban J connectivity index is 1.52. The molecule has 7 nitrogen and oxygen atoms in total. The van der Waals surface area contributed by atoms with Crippen molar-refractivity contribution in [2.75, 3.05) is 0 Å². The second kappa shape index (κ2) is 4.93. The molecule has 0 saturated heterocycles. The summed E-state index contributed by atoms with van der Waals surface area (Å²) in [5, 5.41) is 17.7. The molecule has 118 valence electrons. The number of nitriles is 1. The van der Waals surface area contributed by atoms with Gasteiger partial charge < -0.3 is 9.55 Å². The maximum atomic E-state index is 9.00. The number of fused-ring (bicyclic) bond motifs is 3. The lowest BCUT2D eigenvalue weighted by Gasteiger charge is -2.12. The van der Waals surface area contributed by atoms with Gasteiger partial charge in [-0.15, -0.1) is 10.2 Å². The molecular weight excluding hydrogens is 302 g/mol. The maximum Gasteiger partial charge on any atom is 0.179 e. The van der Waals surface area contributed by atoms with Gasteiger partial charge in [-0.3, -0.25) is 4.40 Å². The fourth-order valence-electron chi connectivity index (χ4n) is 3.83. The Labute approximate surface area is 137 Å². The van der Waals surface area contributed by atoms with Crippen LogP contribution in [-0.2, 0) is 0 Å². The molecule has 1 aliphatic rings. The lowest BCUT2D eigenvalue weighted by atomic mass is 10.1. The first-order valence-corrected chi connectivity index (χ1v) is 8.08. The molecule has 4 heterocycles. The molecule has 0 amide bonds. The monoisotopic (exact) mass is 317 g/mol. The molecule has 7 heteroatoms. The maximum absolute atomic E-state index is 9.00. The van der Waals surface area contributed by atoms with Crippen molar-refractivity contribution in [1.29, 1.82) is 5.26 Å². The first kappa shape index (κ1) is 13.3. The van der Waals surface area contributed by atoms with Crippen LogP contribution in [0.25, 0.3) is 16.8 Å². The molecule has 5 rings (SSSR count). The number of hydrogen-bond acceptors (Lipinski definition) is 4. The van der Waals surface area contributed by atoms with Crippen molar-refractivity contribution in [2.45, 2.75) is 31.2 Å². The van der Waals surface area contributed by atoms with Crippen LogP contribution in [0.4, 0.5) is 0 Å². The first-order chi connectivity index (χ1) is 11.8. The van der Waals surface area contributed by atoms with Crippen molar-refractivity contribution >= 4 is 16.8 Å². The molecule has 1 N–H and O–H groups in total. The third-order valence-corrected chi connectivity index (χ3v) is 5.00. The summed E-state index contributed by atoms with van der Waals surface area (Å²) in [5.74, 6) is 1.37. The molecule has 1 saturated carbocycles. The average molecular weight is 317 g/mol. The summed E-state index contributed by atoms with van der Waals surface area (Å²) in [5.41, 5.74) is 3.37. The highest BCUT2D eigenvalue weighted by Gasteiger charge is 2.30. The molecule has 4 aromatic heterocycles. The molecule has 0 aliphatic heterocycles. The molecule has 0 unspecified atom stereocenters. The molecule has 24 heavy (non-hydrogen) atoms. The highest BCUT2D eigenvalue weighted by molar-refractivity contribution is 5.74. The number of aromatic amines is 1. The second-order valence-corrected chi connectivity index (χ2v) is 6.34. The van der Waals surface area contributed by atoms with E-state index < -0.39 is 0 Å². The zero-order valence-corrected chi connectivity index (χ0v) is 12.9. The van der Waals surface area contributed by atoms with Crippen molar-refractivity contribution in [3.8, 4) is 6.07 Å². The van der Waals surface area contributed by atoms with Gasteiger partial charge in [0, 0.05) is 30.6 Å². The van der Waals surface area contributed by atoms with Crippen LogP contribution in [0, 0.1) is 11.3 Å². The van der Waals surface area contributed by atoms with E-state index in [-0.39, 0.29) is 0 Å². The van der Waals surface area contributed by atoms with Gasteiger partial charge in [0.05, 0.1) is 17.3 Å². The fourth-order valence-corrected chi connectivity index (χ4v) is 3.83. The van der Waals surface area contributed by atoms with Crippen LogP contribution in [0.2, 0.25) is 0 Å². The van der Waals surface area contributed by atoms with Crippen LogP contribution in [0.5, 0.6) is 0 Å². The Kier molecular flexibility index (Phi) is 2.73. The molecular formula is C17H15N7. The van der Waals surface area contributed by atoms with Crippen LogP contribution in [0.3, 0.4) is 0 Å². The van der Waals surface area contributed by atoms with Crippen molar-refractivity contribution in [2.24, 2.45) is 0 Å². The van der Waals surface area contributed by atoms with Crippen LogP contribution < -0.4 is 0 Å². The summed E-state index contributed by atoms with van der Waals surface area (Å²) < 4.78 is 4.28. The van der Waals surface area contributed by atoms with Gasteiger partial charge >= 0.3 is 0 Å². The van der Waals surface area contributed by atoms with E-state index in [9.17, 15) is 0 Å². The smallest absolute Gasteiger partial charge is 0.179 e. The minimum Gasteiger partial charge on any atom is -0.350 e. The quantitative estimate of drug-likeness (QED) is 0.616. The van der Waals surface area contributed by atoms with E-state index in [1.54, 1.807) is 6.20 Å². The van der Waals surface area contributed by atoms with Gasteiger partial charge in [0.25, 0.3) is 0 Å². The molecule has 1 aliphatic carbocycles. The summed E-state index contributed by atoms with van der Waals surface area (Å²) in [6.45, 7) is 0. The zero-order chi connectivity index (χ0) is 16.1. The summed E-state index contributed by atoms with van der Waals surface area (Å²) in [6.07, 6.45) is 10.7. The second-order valence-electron chi connectivity index (χ2n) is 6.34. The van der Waals surface area contributed by atoms with Gasteiger partial charge in [0.2, 0.25) is 0 Å². The Morgan fingerprint density at radius 3 is 3.08 bits per heavy atom. The normalized spacial score (nSPS) is 20.8. The highest BCUT2D eigenvalue weighted by atomic mass is 15.3. The summed E-state index contributed by atoms with van der Waals surface area (Å²) in [6, 6.07) is 6.49. The Hall–Kier alpha value is -3.14. The third-order valence-electron chi connectivity index (χ3n) is 5.00. The first-order valence-electron chi connectivity index (χ1n) is 8.08. The Morgan fingerprint density at radius 2 is 2.21 bits per heavy atom. The minimum atomic E-state index is 0.360. The third kappa shape index (κ3) is 1.86. The van der Waals surface area contributed by atoms with E-state index in [0.29, 0.717) is 17.5 Å². The lowest BCUT2D eigenvalue weighted by Crippen LogP contribution is -2.05. The standard InChI is InChI=1S/C17H15N7/c18-8-11-4-6-23(10-11)13-2-1-12(7-13)17-22-21-15-9-20-16-14(24(15)17)3-5-19-16/h3-6,9-10,12-13,19H,1-2,7H2/t12-,13+/m1/s1. The van der Waals surface area contributed by atoms with E-state index in [2.05, 4.69) is 35.2 Å². The predicted molar refractivity (Wildman–Crippen MR) is 87.4 cm³/mol. The SMILES string of the molecule is N#Cc1ccn([C@H]2CC[C@@H](c3nnc4cnc5[nH]ccc5n34)C2)c1. The minimum absolute atomic E-state index is 0.360. The fraction of sp³-hybridized carbons (Fsp3) is 0.294. The van der Waals surface area contributed by atoms with Crippen molar-refractivity contribution in [3.63, 3.8) is 0 Å². The van der Waals surface area contributed by atoms with Crippen molar-refractivity contribution in [3.05, 3.63) is 48.3 Å². The van der Waals surface area contributed by atoms with E-state index in [0.717, 1.165) is 41.9 Å². The number of aromatic nitrogens is 6. The summed E-state index contributed by atoms with van der Waals surface area (Å²) in [7, 11) is 0. The van der Waals surface area contributed by atoms with E-state index >= 15 is 0 Å². The molecule has 1 fully saturated rings. The highest BCUT2D eigenvalue weighted by Crippen LogP contribution is 2.40. The van der Waals surface area contributed by atoms with Gasteiger partial charge in [-0.05, 0) is 31.4 Å². The van der Waals surface area contributed by atoms with Crippen molar-refractivity contribution < 1.29 is 0 Å². The number of nitrogens with one attached hydrogen (secondary N) is 1. The van der Waals surface area contributed by atoms with Gasteiger partial charge in [0.15, 0.2) is 11.3 Å². The largest absolute Gasteiger partial charge is 0.350 e. The Morgan fingerprint density at radius 1 is 1.25 bits per heavy atom. The average Bonchev–Trinajstić information content (AvgIpc) is 3.38. The molecule has 2 atom stereocenters. The van der Waals surface area contributed by atoms with E-state index in [1.165, 1.54) is 0 Å². The summed E-state index contributed by atoms with van der Waals surface area (Å²) in [4.78, 5) is 7.51. The predicted octanol–water partition coefficient (Wildman–Crippen LogP) is 2.79. The van der Waals surface area contributed by atoms with Crippen molar-refractivity contribution in [1.82, 2.24) is 29.1 Å². The lowest BCUT2D eigenvalue weighted by molar-refractivity contribution is 0.508. The van der Waals surface area contributed by atoms with Crippen LogP contribution in [0.1, 0.15) is 42.6 Å². The number of nitrogens with zero attached hydrogens (tertiary/aromatic N) is 6. The van der Waals surface area contributed by atoms with Gasteiger partial charge in [-0.2, -0.15) is 5.26 Å². The topological polar surface area (TPSA) is 87.6 Å². The number of hydrogen-bond donors (Lipinski definition) is 1. The molecule has 0 radical (unpaired) electrons. The zero-order valence-electron chi connectivity index (χ0n) is 12.9. The number of rotatable bonds is 2. The summed E-state index contributed by atoms with van der Waals surface area (Å²) >= 11 is 0. The van der Waals surface area contributed by atoms with Crippen LogP contribution in [-0.4, -0.2) is 29.1 Å². The van der Waals surface area contributed by atoms with Gasteiger partial charge in [-0.1, -0.05) is 0 Å². The molecule has 0 bridgehead atoms. The van der Waals surface area contributed by atoms with Crippen LogP contribution in [0.15, 0.2) is 36.9 Å². The molecule has 0 aromatic carbocycles. The van der Waals surface area contributed by atoms with Gasteiger partial charge in [-0.25, -0.2) is 4.98 Å². The molecule has 0 spiro atoms. The van der Waals surface area contributed by atoms with Crippen LogP contribution >= 0.6 is 0 Å². The number of H-pyrrole nitrogens is 1.